The molecule has 0 saturated carbocycles. The number of carbonyl (C=O) groups is 2. The van der Waals surface area contributed by atoms with Gasteiger partial charge in [-0.2, -0.15) is 0 Å². The Hall–Kier alpha value is -1.32. The van der Waals surface area contributed by atoms with Crippen LogP contribution in [0.15, 0.2) is 11.3 Å². The van der Waals surface area contributed by atoms with Crippen LogP contribution in [0, 0.1) is 0 Å². The summed E-state index contributed by atoms with van der Waals surface area (Å²) in [5.41, 5.74) is 1.59. The normalized spacial score (nSPS) is 23.0. The molecule has 4 nitrogen and oxygen atoms in total. The van der Waals surface area contributed by atoms with E-state index in [0.717, 1.165) is 24.1 Å². The van der Waals surface area contributed by atoms with E-state index in [1.54, 1.807) is 0 Å². The van der Waals surface area contributed by atoms with E-state index >= 15 is 0 Å². The second-order valence-electron chi connectivity index (χ2n) is 3.04. The topological polar surface area (TPSA) is 58.2 Å². The third-order valence-corrected chi connectivity index (χ3v) is 2.22. The summed E-state index contributed by atoms with van der Waals surface area (Å²) < 4.78 is 0. The quantitative estimate of drug-likeness (QED) is 0.544. The van der Waals surface area contributed by atoms with E-state index in [-0.39, 0.29) is 11.8 Å². The summed E-state index contributed by atoms with van der Waals surface area (Å²) in [6.45, 7) is 0.403. The fourth-order valence-corrected chi connectivity index (χ4v) is 1.59. The molecule has 12 heavy (non-hydrogen) atoms. The fourth-order valence-electron chi connectivity index (χ4n) is 1.59. The van der Waals surface area contributed by atoms with Gasteiger partial charge in [-0.3, -0.25) is 4.79 Å². The summed E-state index contributed by atoms with van der Waals surface area (Å²) in [4.78, 5) is 22.1. The van der Waals surface area contributed by atoms with Gasteiger partial charge in [0.25, 0.3) is 0 Å². The molecule has 2 rings (SSSR count). The van der Waals surface area contributed by atoms with Gasteiger partial charge in [-0.05, 0) is 12.8 Å². The Morgan fingerprint density at radius 1 is 1.17 bits per heavy atom. The lowest BCUT2D eigenvalue weighted by Gasteiger charge is -2.24. The molecule has 0 aromatic carbocycles. The Morgan fingerprint density at radius 2 is 2.00 bits per heavy atom. The molecule has 2 aliphatic rings. The molecule has 0 aromatic heterocycles. The van der Waals surface area contributed by atoms with Crippen LogP contribution in [-0.2, 0) is 4.79 Å². The molecule has 2 amide bonds. The zero-order chi connectivity index (χ0) is 8.55. The van der Waals surface area contributed by atoms with Gasteiger partial charge in [0, 0.05) is 24.2 Å². The number of allylic oxidation sites excluding steroid dienone is 1. The maximum absolute atomic E-state index is 11.3. The first-order valence-corrected chi connectivity index (χ1v) is 4.07. The van der Waals surface area contributed by atoms with Crippen LogP contribution in [0.1, 0.15) is 19.3 Å². The van der Waals surface area contributed by atoms with E-state index in [2.05, 4.69) is 10.6 Å². The van der Waals surface area contributed by atoms with E-state index < -0.39 is 0 Å². The summed E-state index contributed by atoms with van der Waals surface area (Å²) in [5.74, 6) is 0.170. The number of urea groups is 1. The van der Waals surface area contributed by atoms with E-state index in [9.17, 15) is 9.59 Å². The average molecular weight is 166 g/mol. The molecular weight excluding hydrogens is 156 g/mol. The molecular formula is C8H10N2O2. The number of Topliss-reactive ketones (excluding diaryl/α,β-unsaturated/α-hetero) is 1. The summed E-state index contributed by atoms with van der Waals surface area (Å²) in [6.07, 6.45) is 2.31. The number of ketones is 1. The Kier molecular flexibility index (Phi) is 1.60. The smallest absolute Gasteiger partial charge is 0.319 e. The molecule has 64 valence electrons. The third-order valence-electron chi connectivity index (χ3n) is 2.22. The van der Waals surface area contributed by atoms with E-state index in [4.69, 9.17) is 0 Å². The fraction of sp³-hybridized carbons (Fsp3) is 0.500. The molecule has 0 aromatic rings. The lowest BCUT2D eigenvalue weighted by molar-refractivity contribution is -0.116. The highest BCUT2D eigenvalue weighted by Gasteiger charge is 2.25. The van der Waals surface area contributed by atoms with Gasteiger partial charge in [0.1, 0.15) is 0 Å². The van der Waals surface area contributed by atoms with Gasteiger partial charge in [-0.1, -0.05) is 0 Å². The van der Waals surface area contributed by atoms with E-state index in [1.807, 2.05) is 0 Å². The van der Waals surface area contributed by atoms with Crippen LogP contribution in [0.3, 0.4) is 0 Å². The minimum atomic E-state index is -0.191. The summed E-state index contributed by atoms with van der Waals surface area (Å²) in [7, 11) is 0. The first-order chi connectivity index (χ1) is 5.77. The molecule has 0 saturated heterocycles. The van der Waals surface area contributed by atoms with Crippen molar-refractivity contribution in [3.8, 4) is 0 Å². The van der Waals surface area contributed by atoms with Crippen molar-refractivity contribution < 1.29 is 9.59 Å². The van der Waals surface area contributed by atoms with E-state index in [0.29, 0.717) is 13.0 Å². The van der Waals surface area contributed by atoms with Crippen molar-refractivity contribution in [1.29, 1.82) is 0 Å². The Balaban J connectivity index is 2.30. The van der Waals surface area contributed by atoms with Crippen LogP contribution in [0.5, 0.6) is 0 Å². The number of amides is 2. The van der Waals surface area contributed by atoms with Crippen molar-refractivity contribution in [1.82, 2.24) is 10.6 Å². The summed E-state index contributed by atoms with van der Waals surface area (Å²) >= 11 is 0. The van der Waals surface area contributed by atoms with Crippen LogP contribution in [-0.4, -0.2) is 18.4 Å². The van der Waals surface area contributed by atoms with E-state index in [1.165, 1.54) is 0 Å². The van der Waals surface area contributed by atoms with Crippen LogP contribution < -0.4 is 10.6 Å². The van der Waals surface area contributed by atoms with Crippen molar-refractivity contribution in [2.24, 2.45) is 0 Å². The minimum Gasteiger partial charge on any atom is -0.334 e. The van der Waals surface area contributed by atoms with Crippen molar-refractivity contribution in [2.45, 2.75) is 19.3 Å². The Morgan fingerprint density at radius 3 is 2.83 bits per heavy atom. The number of hydrogen-bond acceptors (Lipinski definition) is 2. The highest BCUT2D eigenvalue weighted by molar-refractivity contribution is 5.99. The molecule has 0 fully saturated rings. The van der Waals surface area contributed by atoms with Crippen LogP contribution >= 0.6 is 0 Å². The molecule has 0 unspecified atom stereocenters. The number of hydrogen-bond donors (Lipinski definition) is 2. The molecule has 0 bridgehead atoms. The summed E-state index contributed by atoms with van der Waals surface area (Å²) in [6, 6.07) is -0.191. The van der Waals surface area contributed by atoms with Gasteiger partial charge in [0.15, 0.2) is 5.78 Å². The van der Waals surface area contributed by atoms with Crippen LogP contribution in [0.2, 0.25) is 0 Å². The Labute approximate surface area is 70.0 Å². The molecule has 0 radical (unpaired) electrons. The lowest BCUT2D eigenvalue weighted by Crippen LogP contribution is -2.44. The molecule has 2 N–H and O–H groups in total. The molecule has 1 aliphatic heterocycles. The zero-order valence-corrected chi connectivity index (χ0v) is 6.64. The molecule has 0 atom stereocenters. The van der Waals surface area contributed by atoms with Gasteiger partial charge in [0.2, 0.25) is 0 Å². The van der Waals surface area contributed by atoms with Crippen molar-refractivity contribution in [3.63, 3.8) is 0 Å². The van der Waals surface area contributed by atoms with Crippen molar-refractivity contribution in [2.75, 3.05) is 6.54 Å². The standard InChI is InChI=1S/C8H10N2O2/c11-7-3-1-2-6-5(7)4-9-8(12)10-6/h1-4H2,(H2,9,10,12). The average Bonchev–Trinajstić information content (AvgIpc) is 2.04. The largest absolute Gasteiger partial charge is 0.334 e. The molecule has 1 heterocycles. The van der Waals surface area contributed by atoms with Crippen LogP contribution in [0.4, 0.5) is 4.79 Å². The monoisotopic (exact) mass is 166 g/mol. The summed E-state index contributed by atoms with van der Waals surface area (Å²) in [5, 5.41) is 5.24. The maximum Gasteiger partial charge on any atom is 0.319 e. The van der Waals surface area contributed by atoms with Gasteiger partial charge in [0.05, 0.1) is 0 Å². The van der Waals surface area contributed by atoms with Gasteiger partial charge < -0.3 is 10.6 Å². The van der Waals surface area contributed by atoms with Crippen molar-refractivity contribution in [3.05, 3.63) is 11.3 Å². The number of carbonyl (C=O) groups excluding carboxylic acids is 2. The van der Waals surface area contributed by atoms with Crippen molar-refractivity contribution >= 4 is 11.8 Å². The molecule has 4 heteroatoms. The highest BCUT2D eigenvalue weighted by Crippen LogP contribution is 2.20. The van der Waals surface area contributed by atoms with Gasteiger partial charge in [-0.25, -0.2) is 4.79 Å². The second-order valence-corrected chi connectivity index (χ2v) is 3.04. The zero-order valence-electron chi connectivity index (χ0n) is 6.64. The lowest BCUT2D eigenvalue weighted by atomic mass is 9.94. The first-order valence-electron chi connectivity index (χ1n) is 4.07. The third kappa shape index (κ3) is 1.09. The first kappa shape index (κ1) is 7.34. The number of rotatable bonds is 0. The van der Waals surface area contributed by atoms with Gasteiger partial charge >= 0.3 is 6.03 Å². The molecule has 1 aliphatic carbocycles. The maximum atomic E-state index is 11.3. The minimum absolute atomic E-state index is 0.170. The molecule has 0 spiro atoms. The number of nitrogens with one attached hydrogen (secondary N) is 2. The second kappa shape index (κ2) is 2.62. The van der Waals surface area contributed by atoms with Gasteiger partial charge in [-0.15, -0.1) is 0 Å². The predicted molar refractivity (Wildman–Crippen MR) is 42.4 cm³/mol. The Bertz CT molecular complexity index is 281. The SMILES string of the molecule is O=C1NCC2=C(CCCC2=O)N1. The predicted octanol–water partition coefficient (Wildman–Crippen LogP) is 0.306. The highest BCUT2D eigenvalue weighted by atomic mass is 16.2. The van der Waals surface area contributed by atoms with Crippen LogP contribution in [0.25, 0.3) is 0 Å².